The second kappa shape index (κ2) is 8.22. The molecule has 2 aromatic carbocycles. The van der Waals surface area contributed by atoms with Gasteiger partial charge in [0.15, 0.2) is 5.13 Å². The Labute approximate surface area is 199 Å². The Bertz CT molecular complexity index is 1460. The van der Waals surface area contributed by atoms with Gasteiger partial charge in [-0.1, -0.05) is 12.1 Å². The Morgan fingerprint density at radius 3 is 2.35 bits per heavy atom. The molecule has 12 heteroatoms. The van der Waals surface area contributed by atoms with Gasteiger partial charge in [-0.2, -0.15) is 4.98 Å². The Hall–Kier alpha value is -3.77. The predicted molar refractivity (Wildman–Crippen MR) is 128 cm³/mol. The maximum absolute atomic E-state index is 12.8. The molecule has 10 nitrogen and oxygen atoms in total. The van der Waals surface area contributed by atoms with Crippen molar-refractivity contribution in [3.05, 3.63) is 53.9 Å². The lowest BCUT2D eigenvalue weighted by molar-refractivity contribution is -0.120. The summed E-state index contributed by atoms with van der Waals surface area (Å²) in [5.74, 6) is 0.508. The maximum atomic E-state index is 12.8. The van der Waals surface area contributed by atoms with E-state index in [9.17, 15) is 13.2 Å². The van der Waals surface area contributed by atoms with Gasteiger partial charge in [-0.15, -0.1) is 11.3 Å². The van der Waals surface area contributed by atoms with Gasteiger partial charge in [-0.3, -0.25) is 9.52 Å². The molecule has 0 spiro atoms. The fraction of sp³-hybridized carbons (Fsp3) is 0.182. The number of thiazole rings is 1. The molecule has 1 fully saturated rings. The first-order chi connectivity index (χ1) is 16.2. The third-order valence-electron chi connectivity index (χ3n) is 5.53. The van der Waals surface area contributed by atoms with Crippen molar-refractivity contribution in [3.63, 3.8) is 0 Å². The van der Waals surface area contributed by atoms with Crippen LogP contribution in [0.15, 0.2) is 63.3 Å². The number of nitrogen functional groups attached to an aromatic ring is 1. The van der Waals surface area contributed by atoms with Crippen molar-refractivity contribution in [1.29, 1.82) is 0 Å². The molecule has 1 amide bonds. The molecule has 1 aliphatic carbocycles. The molecular weight excluding hydrogens is 476 g/mol. The van der Waals surface area contributed by atoms with E-state index in [1.165, 1.54) is 23.5 Å². The normalized spacial score (nSPS) is 14.5. The first-order valence-electron chi connectivity index (χ1n) is 10.3. The number of benzene rings is 2. The smallest absolute Gasteiger partial charge is 0.277 e. The van der Waals surface area contributed by atoms with Crippen molar-refractivity contribution in [1.82, 2.24) is 15.1 Å². The van der Waals surface area contributed by atoms with E-state index in [-0.39, 0.29) is 22.1 Å². The summed E-state index contributed by atoms with van der Waals surface area (Å²) in [5.41, 5.74) is 7.41. The Morgan fingerprint density at radius 2 is 1.74 bits per heavy atom. The second-order valence-corrected chi connectivity index (χ2v) is 10.8. The number of aromatic nitrogens is 3. The first-order valence-corrected chi connectivity index (χ1v) is 12.7. The fourth-order valence-corrected chi connectivity index (χ4v) is 4.74. The highest BCUT2D eigenvalue weighted by Gasteiger charge is 2.44. The summed E-state index contributed by atoms with van der Waals surface area (Å²) in [6.07, 6.45) is 1.76. The van der Waals surface area contributed by atoms with Crippen LogP contribution in [0.1, 0.15) is 19.8 Å². The Balaban J connectivity index is 1.26. The maximum Gasteiger partial charge on any atom is 0.277 e. The van der Waals surface area contributed by atoms with E-state index in [2.05, 4.69) is 25.2 Å². The predicted octanol–water partition coefficient (Wildman–Crippen LogP) is 3.98. The molecule has 34 heavy (non-hydrogen) atoms. The zero-order chi connectivity index (χ0) is 23.9. The van der Waals surface area contributed by atoms with E-state index in [1.54, 1.807) is 41.8 Å². The summed E-state index contributed by atoms with van der Waals surface area (Å²) in [6.45, 7) is 1.92. The SMILES string of the molecule is CC1(C(=O)Nc2ccc(NS(=O)(=O)c3ccc(-c4noc(-c5csc(N)n5)n4)cc3)cc2)CC1. The van der Waals surface area contributed by atoms with Crippen LogP contribution in [0.25, 0.3) is 23.0 Å². The quantitative estimate of drug-likeness (QED) is 0.347. The number of hydrogen-bond donors (Lipinski definition) is 3. The van der Waals surface area contributed by atoms with E-state index >= 15 is 0 Å². The van der Waals surface area contributed by atoms with E-state index in [0.717, 1.165) is 12.8 Å². The van der Waals surface area contributed by atoms with Gasteiger partial charge in [0.25, 0.3) is 15.9 Å². The highest BCUT2D eigenvalue weighted by molar-refractivity contribution is 7.92. The summed E-state index contributed by atoms with van der Waals surface area (Å²) < 4.78 is 33.3. The standard InChI is InChI=1S/C22H20N6O4S2/c1-22(10-11-22)20(29)24-14-4-6-15(7-5-14)28-34(30,31)16-8-2-13(3-9-16)18-26-19(32-27-18)17-12-33-21(23)25-17/h2-9,12,28H,10-11H2,1H3,(H2,23,25)(H,24,29). The molecule has 1 saturated carbocycles. The van der Waals surface area contributed by atoms with Crippen LogP contribution < -0.4 is 15.8 Å². The molecule has 0 atom stereocenters. The summed E-state index contributed by atoms with van der Waals surface area (Å²) >= 11 is 1.26. The van der Waals surface area contributed by atoms with E-state index in [1.807, 2.05) is 6.92 Å². The molecule has 2 heterocycles. The van der Waals surface area contributed by atoms with Gasteiger partial charge in [-0.05, 0) is 61.4 Å². The van der Waals surface area contributed by atoms with Gasteiger partial charge in [-0.25, -0.2) is 13.4 Å². The van der Waals surface area contributed by atoms with Crippen LogP contribution >= 0.6 is 11.3 Å². The van der Waals surface area contributed by atoms with Gasteiger partial charge in [0, 0.05) is 27.7 Å². The minimum absolute atomic E-state index is 0.0228. The molecule has 0 saturated heterocycles. The van der Waals surface area contributed by atoms with Gasteiger partial charge >= 0.3 is 0 Å². The number of amides is 1. The minimum Gasteiger partial charge on any atom is -0.375 e. The van der Waals surface area contributed by atoms with Crippen molar-refractivity contribution < 1.29 is 17.7 Å². The number of rotatable bonds is 7. The molecule has 1 aliphatic rings. The van der Waals surface area contributed by atoms with Crippen molar-refractivity contribution in [2.45, 2.75) is 24.7 Å². The number of nitrogens with one attached hydrogen (secondary N) is 2. The first kappa shape index (κ1) is 22.0. The highest BCUT2D eigenvalue weighted by Crippen LogP contribution is 2.45. The highest BCUT2D eigenvalue weighted by atomic mass is 32.2. The summed E-state index contributed by atoms with van der Waals surface area (Å²) in [4.78, 5) is 20.6. The average molecular weight is 497 g/mol. The van der Waals surface area contributed by atoms with E-state index < -0.39 is 10.0 Å². The molecule has 4 N–H and O–H groups in total. The monoisotopic (exact) mass is 496 g/mol. The van der Waals surface area contributed by atoms with Crippen LogP contribution in [0, 0.1) is 5.41 Å². The third-order valence-corrected chi connectivity index (χ3v) is 7.60. The topological polar surface area (TPSA) is 153 Å². The number of carbonyl (C=O) groups is 1. The number of nitrogens with zero attached hydrogens (tertiary/aromatic N) is 3. The lowest BCUT2D eigenvalue weighted by atomic mass is 10.1. The number of nitrogens with two attached hydrogens (primary N) is 1. The minimum atomic E-state index is -3.82. The fourth-order valence-electron chi connectivity index (χ4n) is 3.15. The molecule has 0 unspecified atom stereocenters. The Kier molecular flexibility index (Phi) is 5.33. The number of carbonyl (C=O) groups excluding carboxylic acids is 1. The summed E-state index contributed by atoms with van der Waals surface area (Å²) in [6, 6.07) is 12.6. The molecule has 0 aliphatic heterocycles. The van der Waals surface area contributed by atoms with E-state index in [4.69, 9.17) is 10.3 Å². The average Bonchev–Trinajstić information content (AvgIpc) is 3.20. The second-order valence-electron chi connectivity index (χ2n) is 8.22. The van der Waals surface area contributed by atoms with Crippen molar-refractivity contribution >= 4 is 43.8 Å². The van der Waals surface area contributed by atoms with Crippen LogP contribution in [-0.2, 0) is 14.8 Å². The lowest BCUT2D eigenvalue weighted by Crippen LogP contribution is -2.21. The molecule has 174 valence electrons. The van der Waals surface area contributed by atoms with Crippen molar-refractivity contribution in [2.75, 3.05) is 15.8 Å². The molecule has 0 bridgehead atoms. The zero-order valence-electron chi connectivity index (χ0n) is 18.0. The van der Waals surface area contributed by atoms with Gasteiger partial charge < -0.3 is 15.6 Å². The van der Waals surface area contributed by atoms with Crippen LogP contribution in [-0.4, -0.2) is 29.4 Å². The lowest BCUT2D eigenvalue weighted by Gasteiger charge is -2.12. The van der Waals surface area contributed by atoms with Crippen molar-refractivity contribution in [2.24, 2.45) is 5.41 Å². The van der Waals surface area contributed by atoms with Gasteiger partial charge in [0.2, 0.25) is 11.7 Å². The van der Waals surface area contributed by atoms with Gasteiger partial charge in [0.1, 0.15) is 5.69 Å². The number of anilines is 3. The van der Waals surface area contributed by atoms with Gasteiger partial charge in [0.05, 0.1) is 4.90 Å². The zero-order valence-corrected chi connectivity index (χ0v) is 19.6. The molecule has 5 rings (SSSR count). The summed E-state index contributed by atoms with van der Waals surface area (Å²) in [5, 5.41) is 8.88. The largest absolute Gasteiger partial charge is 0.375 e. The van der Waals surface area contributed by atoms with Crippen LogP contribution in [0.4, 0.5) is 16.5 Å². The third kappa shape index (κ3) is 4.50. The Morgan fingerprint density at radius 1 is 1.06 bits per heavy atom. The number of hydrogen-bond acceptors (Lipinski definition) is 9. The van der Waals surface area contributed by atoms with Crippen molar-refractivity contribution in [3.8, 4) is 23.0 Å². The van der Waals surface area contributed by atoms with E-state index in [0.29, 0.717) is 33.6 Å². The number of sulfonamides is 1. The van der Waals surface area contributed by atoms with Crippen LogP contribution in [0.3, 0.4) is 0 Å². The molecular formula is C22H20N6O4S2. The molecule has 4 aromatic rings. The van der Waals surface area contributed by atoms with Crippen LogP contribution in [0.2, 0.25) is 0 Å². The van der Waals surface area contributed by atoms with Crippen LogP contribution in [0.5, 0.6) is 0 Å². The molecule has 0 radical (unpaired) electrons. The molecule has 2 aromatic heterocycles. The summed E-state index contributed by atoms with van der Waals surface area (Å²) in [7, 11) is -3.82.